The van der Waals surface area contributed by atoms with E-state index in [9.17, 15) is 4.79 Å². The van der Waals surface area contributed by atoms with Crippen molar-refractivity contribution >= 4 is 16.9 Å². The smallest absolute Gasteiger partial charge is 0.238 e. The van der Waals surface area contributed by atoms with Gasteiger partial charge in [-0.2, -0.15) is 0 Å². The number of rotatable bonds is 6. The molecule has 1 aromatic carbocycles. The predicted octanol–water partition coefficient (Wildman–Crippen LogP) is 2.00. The molecule has 2 heterocycles. The Morgan fingerprint density at radius 3 is 3.00 bits per heavy atom. The topological polar surface area (TPSA) is 71.0 Å². The third-order valence-electron chi connectivity index (χ3n) is 5.63. The summed E-state index contributed by atoms with van der Waals surface area (Å²) in [7, 11) is 0. The van der Waals surface area contributed by atoms with Crippen LogP contribution in [0.25, 0.3) is 11.0 Å². The van der Waals surface area contributed by atoms with Gasteiger partial charge in [0.25, 0.3) is 0 Å². The van der Waals surface area contributed by atoms with E-state index in [2.05, 4.69) is 52.8 Å². The van der Waals surface area contributed by atoms with Crippen LogP contribution in [0.3, 0.4) is 0 Å². The Kier molecular flexibility index (Phi) is 4.96. The van der Waals surface area contributed by atoms with E-state index in [0.717, 1.165) is 30.7 Å². The summed E-state index contributed by atoms with van der Waals surface area (Å²) in [6.45, 7) is 6.01. The summed E-state index contributed by atoms with van der Waals surface area (Å²) < 4.78 is 2.30. The Hall–Kier alpha value is -1.92. The number of imidazole rings is 1. The third-order valence-corrected chi connectivity index (χ3v) is 5.63. The Balaban J connectivity index is 1.40. The summed E-state index contributed by atoms with van der Waals surface area (Å²) >= 11 is 0. The van der Waals surface area contributed by atoms with Gasteiger partial charge < -0.3 is 9.88 Å². The highest BCUT2D eigenvalue weighted by atomic mass is 16.2. The van der Waals surface area contributed by atoms with Crippen LogP contribution >= 0.6 is 0 Å². The molecule has 2 aliphatic rings. The normalized spacial score (nSPS) is 25.1. The first kappa shape index (κ1) is 17.5. The van der Waals surface area contributed by atoms with E-state index >= 15 is 0 Å². The molecule has 0 bridgehead atoms. The highest BCUT2D eigenvalue weighted by molar-refractivity contribution is 5.82. The lowest BCUT2D eigenvalue weighted by atomic mass is 9.97. The van der Waals surface area contributed by atoms with Crippen LogP contribution in [-0.4, -0.2) is 34.1 Å². The van der Waals surface area contributed by atoms with Crippen molar-refractivity contribution in [2.45, 2.75) is 58.2 Å². The molecule has 0 spiro atoms. The second-order valence-corrected chi connectivity index (χ2v) is 8.03. The first-order chi connectivity index (χ1) is 12.6. The monoisotopic (exact) mass is 355 g/mol. The van der Waals surface area contributed by atoms with E-state index in [1.54, 1.807) is 0 Å². The van der Waals surface area contributed by atoms with E-state index in [4.69, 9.17) is 4.98 Å². The first-order valence-corrected chi connectivity index (χ1v) is 9.86. The van der Waals surface area contributed by atoms with E-state index < -0.39 is 0 Å². The summed E-state index contributed by atoms with van der Waals surface area (Å²) in [5.41, 5.74) is 8.67. The number of hydrogen-bond donors (Lipinski definition) is 3. The summed E-state index contributed by atoms with van der Waals surface area (Å²) in [5.74, 6) is 2.14. The number of nitrogens with one attached hydrogen (secondary N) is 3. The first-order valence-electron chi connectivity index (χ1n) is 9.86. The van der Waals surface area contributed by atoms with Crippen LogP contribution in [-0.2, 0) is 17.8 Å². The number of hydrazine groups is 1. The van der Waals surface area contributed by atoms with E-state index in [0.29, 0.717) is 24.4 Å². The molecule has 6 heteroatoms. The van der Waals surface area contributed by atoms with Gasteiger partial charge in [-0.15, -0.1) is 0 Å². The van der Waals surface area contributed by atoms with Crippen molar-refractivity contribution in [2.24, 2.45) is 11.8 Å². The Bertz CT molecular complexity index is 784. The maximum atomic E-state index is 12.6. The highest BCUT2D eigenvalue weighted by Gasteiger charge is 2.42. The van der Waals surface area contributed by atoms with Crippen molar-refractivity contribution in [3.63, 3.8) is 0 Å². The number of hydrogen-bond acceptors (Lipinski definition) is 4. The number of para-hydroxylation sites is 2. The van der Waals surface area contributed by atoms with E-state index in [-0.39, 0.29) is 11.9 Å². The fourth-order valence-electron chi connectivity index (χ4n) is 4.42. The molecular formula is C20H29N5O. The van der Waals surface area contributed by atoms with Crippen LogP contribution in [0.4, 0.5) is 0 Å². The van der Waals surface area contributed by atoms with Crippen LogP contribution in [0.1, 0.15) is 38.9 Å². The molecule has 1 amide bonds. The van der Waals surface area contributed by atoms with Gasteiger partial charge in [-0.3, -0.25) is 10.2 Å². The number of nitrogens with zero attached hydrogens (tertiary/aromatic N) is 2. The van der Waals surface area contributed by atoms with Crippen LogP contribution in [0.15, 0.2) is 24.3 Å². The maximum absolute atomic E-state index is 12.6. The quantitative estimate of drug-likeness (QED) is 0.741. The van der Waals surface area contributed by atoms with Gasteiger partial charge in [-0.25, -0.2) is 10.4 Å². The number of amides is 1. The maximum Gasteiger partial charge on any atom is 0.238 e. The van der Waals surface area contributed by atoms with Gasteiger partial charge >= 0.3 is 0 Å². The Morgan fingerprint density at radius 1 is 1.31 bits per heavy atom. The molecule has 2 aromatic rings. The van der Waals surface area contributed by atoms with Crippen molar-refractivity contribution in [3.8, 4) is 0 Å². The zero-order chi connectivity index (χ0) is 18.1. The van der Waals surface area contributed by atoms with Gasteiger partial charge in [0, 0.05) is 31.5 Å². The molecule has 3 unspecified atom stereocenters. The molecule has 4 rings (SSSR count). The summed E-state index contributed by atoms with van der Waals surface area (Å²) in [6, 6.07) is 8.63. The SMILES string of the molecule is CC(C)Cn1c(CCNC(=O)C2NNC3CCCC32)nc2ccccc21. The number of carbonyl (C=O) groups excluding carboxylic acids is 1. The van der Waals surface area contributed by atoms with Crippen LogP contribution in [0.5, 0.6) is 0 Å². The minimum Gasteiger partial charge on any atom is -0.354 e. The van der Waals surface area contributed by atoms with Crippen LogP contribution in [0.2, 0.25) is 0 Å². The minimum atomic E-state index is -0.100. The lowest BCUT2D eigenvalue weighted by Crippen LogP contribution is -2.46. The lowest BCUT2D eigenvalue weighted by Gasteiger charge is -2.17. The standard InChI is InChI=1S/C20H29N5O/c1-13(2)12-25-17-9-4-3-7-16(17)22-18(25)10-11-21-20(26)19-14-6-5-8-15(14)23-24-19/h3-4,7,9,13-15,19,23-24H,5-6,8,10-12H2,1-2H3,(H,21,26). The third kappa shape index (κ3) is 3.35. The number of aromatic nitrogens is 2. The number of benzene rings is 1. The minimum absolute atomic E-state index is 0.100. The van der Waals surface area contributed by atoms with Gasteiger partial charge in [-0.1, -0.05) is 32.4 Å². The van der Waals surface area contributed by atoms with Gasteiger partial charge in [0.1, 0.15) is 11.9 Å². The fraction of sp³-hybridized carbons (Fsp3) is 0.600. The Morgan fingerprint density at radius 2 is 2.15 bits per heavy atom. The summed E-state index contributed by atoms with van der Waals surface area (Å²) in [6.07, 6.45) is 4.27. The lowest BCUT2D eigenvalue weighted by molar-refractivity contribution is -0.123. The summed E-state index contributed by atoms with van der Waals surface area (Å²) in [5, 5.41) is 3.12. The molecule has 6 nitrogen and oxygen atoms in total. The largest absolute Gasteiger partial charge is 0.354 e. The molecule has 1 saturated carbocycles. The average molecular weight is 355 g/mol. The Labute approximate surface area is 154 Å². The molecule has 26 heavy (non-hydrogen) atoms. The molecular weight excluding hydrogens is 326 g/mol. The van der Waals surface area contributed by atoms with Gasteiger partial charge in [0.15, 0.2) is 0 Å². The van der Waals surface area contributed by atoms with Gasteiger partial charge in [0.2, 0.25) is 5.91 Å². The molecule has 3 atom stereocenters. The summed E-state index contributed by atoms with van der Waals surface area (Å²) in [4.78, 5) is 17.4. The van der Waals surface area contributed by atoms with E-state index in [1.165, 1.54) is 18.4 Å². The second-order valence-electron chi connectivity index (χ2n) is 8.03. The molecule has 1 aliphatic carbocycles. The zero-order valence-corrected chi connectivity index (χ0v) is 15.7. The van der Waals surface area contributed by atoms with Crippen LogP contribution in [0, 0.1) is 11.8 Å². The predicted molar refractivity (Wildman–Crippen MR) is 102 cm³/mol. The molecule has 1 saturated heterocycles. The van der Waals surface area contributed by atoms with Crippen molar-refractivity contribution < 1.29 is 4.79 Å². The van der Waals surface area contributed by atoms with Crippen molar-refractivity contribution in [3.05, 3.63) is 30.1 Å². The molecule has 3 N–H and O–H groups in total. The number of fused-ring (bicyclic) bond motifs is 2. The van der Waals surface area contributed by atoms with Crippen molar-refractivity contribution in [2.75, 3.05) is 6.54 Å². The van der Waals surface area contributed by atoms with Crippen molar-refractivity contribution in [1.29, 1.82) is 0 Å². The molecule has 140 valence electrons. The molecule has 1 aliphatic heterocycles. The molecule has 0 radical (unpaired) electrons. The molecule has 1 aromatic heterocycles. The zero-order valence-electron chi connectivity index (χ0n) is 15.7. The highest BCUT2D eigenvalue weighted by Crippen LogP contribution is 2.31. The van der Waals surface area contributed by atoms with Crippen LogP contribution < -0.4 is 16.2 Å². The molecule has 2 fully saturated rings. The fourth-order valence-corrected chi connectivity index (χ4v) is 4.42. The second kappa shape index (κ2) is 7.37. The van der Waals surface area contributed by atoms with Crippen molar-refractivity contribution in [1.82, 2.24) is 25.7 Å². The number of carbonyl (C=O) groups is 1. The van der Waals surface area contributed by atoms with Gasteiger partial charge in [0.05, 0.1) is 11.0 Å². The van der Waals surface area contributed by atoms with E-state index in [1.807, 2.05) is 6.07 Å². The van der Waals surface area contributed by atoms with Gasteiger partial charge in [-0.05, 0) is 30.9 Å². The average Bonchev–Trinajstić information content (AvgIpc) is 3.29.